The minimum absolute atomic E-state index is 0.00148. The first kappa shape index (κ1) is 28.5. The van der Waals surface area contributed by atoms with Gasteiger partial charge in [-0.3, -0.25) is 14.4 Å². The minimum atomic E-state index is -4.56. The number of carbonyl (C=O) groups is 3. The minimum Gasteiger partial charge on any atom is -0.497 e. The molecule has 0 spiro atoms. The van der Waals surface area contributed by atoms with Crippen molar-refractivity contribution in [2.24, 2.45) is 0 Å². The van der Waals surface area contributed by atoms with Crippen LogP contribution in [-0.2, 0) is 15.8 Å². The molecule has 0 atom stereocenters. The molecule has 2 N–H and O–H groups in total. The molecule has 4 aromatic rings. The summed E-state index contributed by atoms with van der Waals surface area (Å²) in [6.07, 6.45) is -4.56. The summed E-state index contributed by atoms with van der Waals surface area (Å²) < 4.78 is 44.5. The van der Waals surface area contributed by atoms with Crippen molar-refractivity contribution in [2.75, 3.05) is 22.6 Å². The predicted octanol–water partition coefficient (Wildman–Crippen LogP) is 6.96. The average Bonchev–Trinajstić information content (AvgIpc) is 3.22. The first-order valence-electron chi connectivity index (χ1n) is 12.5. The Balaban J connectivity index is 1.42. The molecule has 0 bridgehead atoms. The molecule has 0 saturated carbocycles. The zero-order chi connectivity index (χ0) is 29.9. The van der Waals surface area contributed by atoms with Crippen molar-refractivity contribution in [2.45, 2.75) is 11.1 Å². The van der Waals surface area contributed by atoms with E-state index in [2.05, 4.69) is 10.6 Å². The fourth-order valence-electron chi connectivity index (χ4n) is 4.08. The number of halogens is 3. The average molecular weight is 590 g/mol. The Hall–Kier alpha value is -5.03. The Bertz CT molecular complexity index is 1660. The maximum absolute atomic E-state index is 13.6. The van der Waals surface area contributed by atoms with Crippen molar-refractivity contribution in [1.82, 2.24) is 0 Å². The number of nitrogens with one attached hydrogen (secondary N) is 2. The highest BCUT2D eigenvalue weighted by Gasteiger charge is 2.41. The van der Waals surface area contributed by atoms with Crippen molar-refractivity contribution < 1.29 is 32.3 Å². The van der Waals surface area contributed by atoms with Gasteiger partial charge in [0.15, 0.2) is 0 Å². The van der Waals surface area contributed by atoms with Crippen molar-refractivity contribution in [3.63, 3.8) is 0 Å². The number of hydrogen-bond acceptors (Lipinski definition) is 6. The van der Waals surface area contributed by atoms with Gasteiger partial charge in [0.25, 0.3) is 17.7 Å². The Labute approximate surface area is 243 Å². The summed E-state index contributed by atoms with van der Waals surface area (Å²) in [5, 5.41) is 5.79. The van der Waals surface area contributed by atoms with Crippen LogP contribution in [0.5, 0.6) is 5.75 Å². The zero-order valence-corrected chi connectivity index (χ0v) is 22.8. The number of nitrogens with zero attached hydrogens (tertiary/aromatic N) is 1. The number of hydrogen-bond donors (Lipinski definition) is 2. The lowest BCUT2D eigenvalue weighted by molar-refractivity contribution is -0.137. The molecular formula is C31H22F3N3O4S. The first-order chi connectivity index (χ1) is 20.1. The van der Waals surface area contributed by atoms with E-state index < -0.39 is 23.6 Å². The van der Waals surface area contributed by atoms with Crippen molar-refractivity contribution in [3.05, 3.63) is 125 Å². The molecule has 1 heterocycles. The molecule has 4 aromatic carbocycles. The summed E-state index contributed by atoms with van der Waals surface area (Å²) in [7, 11) is 1.51. The third-order valence-electron chi connectivity index (χ3n) is 6.22. The number of rotatable bonds is 8. The van der Waals surface area contributed by atoms with Gasteiger partial charge < -0.3 is 15.4 Å². The molecule has 212 valence electrons. The molecular weight excluding hydrogens is 567 g/mol. The van der Waals surface area contributed by atoms with E-state index in [9.17, 15) is 27.6 Å². The van der Waals surface area contributed by atoms with Crippen molar-refractivity contribution in [3.8, 4) is 5.75 Å². The molecule has 1 aliphatic rings. The standard InChI is InChI=1S/C31H22F3N3O4S/c1-41-24-15-9-21(10-16-24)35-26-27(30(40)37(29(26)39)23-13-7-20(8-14-23)31(32,33)34)42-25-17-11-22(12-18-25)36-28(38)19-5-3-2-4-6-19/h2-18,35H,1H3,(H,36,38). The summed E-state index contributed by atoms with van der Waals surface area (Å²) in [6, 6.07) is 25.9. The molecule has 0 aromatic heterocycles. The molecule has 42 heavy (non-hydrogen) atoms. The summed E-state index contributed by atoms with van der Waals surface area (Å²) >= 11 is 1.02. The Morgan fingerprint density at radius 2 is 1.40 bits per heavy atom. The Morgan fingerprint density at radius 1 is 0.786 bits per heavy atom. The van der Waals surface area contributed by atoms with E-state index in [1.807, 2.05) is 6.07 Å². The summed E-state index contributed by atoms with van der Waals surface area (Å²) in [6.45, 7) is 0. The molecule has 0 saturated heterocycles. The first-order valence-corrected chi connectivity index (χ1v) is 13.3. The lowest BCUT2D eigenvalue weighted by Crippen LogP contribution is -2.32. The highest BCUT2D eigenvalue weighted by atomic mass is 32.2. The van der Waals surface area contributed by atoms with E-state index in [0.29, 0.717) is 27.6 Å². The highest BCUT2D eigenvalue weighted by Crippen LogP contribution is 2.39. The largest absolute Gasteiger partial charge is 0.497 e. The van der Waals surface area contributed by atoms with Gasteiger partial charge in [-0.25, -0.2) is 4.90 Å². The number of ether oxygens (including phenoxy) is 1. The van der Waals surface area contributed by atoms with E-state index in [0.717, 1.165) is 40.9 Å². The Morgan fingerprint density at radius 3 is 2.00 bits per heavy atom. The highest BCUT2D eigenvalue weighted by molar-refractivity contribution is 8.04. The van der Waals surface area contributed by atoms with E-state index in [1.165, 1.54) is 7.11 Å². The molecule has 7 nitrogen and oxygen atoms in total. The normalized spacial score (nSPS) is 13.4. The summed E-state index contributed by atoms with van der Waals surface area (Å²) in [5.41, 5.74) is 0.591. The van der Waals surface area contributed by atoms with E-state index in [4.69, 9.17) is 4.74 Å². The van der Waals surface area contributed by atoms with Crippen LogP contribution < -0.4 is 20.3 Å². The smallest absolute Gasteiger partial charge is 0.416 e. The molecule has 5 rings (SSSR count). The number of thioether (sulfide) groups is 1. The van der Waals surface area contributed by atoms with E-state index in [1.54, 1.807) is 72.8 Å². The number of amides is 3. The van der Waals surface area contributed by atoms with Crippen LogP contribution in [0.3, 0.4) is 0 Å². The second-order valence-electron chi connectivity index (χ2n) is 8.99. The monoisotopic (exact) mass is 589 g/mol. The third-order valence-corrected chi connectivity index (χ3v) is 7.31. The van der Waals surface area contributed by atoms with Crippen molar-refractivity contribution in [1.29, 1.82) is 0 Å². The summed E-state index contributed by atoms with van der Waals surface area (Å²) in [5.74, 6) is -1.11. The van der Waals surface area contributed by atoms with Crippen LogP contribution in [0.2, 0.25) is 0 Å². The van der Waals surface area contributed by atoms with Gasteiger partial charge in [0.2, 0.25) is 0 Å². The summed E-state index contributed by atoms with van der Waals surface area (Å²) in [4.78, 5) is 41.0. The van der Waals surface area contributed by atoms with Crippen LogP contribution in [0, 0.1) is 0 Å². The van der Waals surface area contributed by atoms with E-state index in [-0.39, 0.29) is 22.2 Å². The van der Waals surface area contributed by atoms with Crippen LogP contribution in [-0.4, -0.2) is 24.8 Å². The number of imide groups is 1. The predicted molar refractivity (Wildman–Crippen MR) is 154 cm³/mol. The fourth-order valence-corrected chi connectivity index (χ4v) is 5.01. The second kappa shape index (κ2) is 11.8. The van der Waals surface area contributed by atoms with Gasteiger partial charge in [-0.1, -0.05) is 30.0 Å². The third kappa shape index (κ3) is 6.16. The number of methoxy groups -OCH3 is 1. The quantitative estimate of drug-likeness (QED) is 0.216. The molecule has 0 fully saturated rings. The van der Waals surface area contributed by atoms with Crippen LogP contribution in [0.25, 0.3) is 0 Å². The van der Waals surface area contributed by atoms with Gasteiger partial charge in [-0.05, 0) is 84.9 Å². The molecule has 0 radical (unpaired) electrons. The molecule has 11 heteroatoms. The number of benzene rings is 4. The molecule has 0 aliphatic carbocycles. The topological polar surface area (TPSA) is 87.7 Å². The van der Waals surface area contributed by atoms with Crippen LogP contribution in [0.15, 0.2) is 119 Å². The van der Waals surface area contributed by atoms with E-state index >= 15 is 0 Å². The Kier molecular flexibility index (Phi) is 8.03. The number of alkyl halides is 3. The molecule has 1 aliphatic heterocycles. The maximum atomic E-state index is 13.6. The molecule has 3 amide bonds. The van der Waals surface area contributed by atoms with Gasteiger partial charge >= 0.3 is 6.18 Å². The van der Waals surface area contributed by atoms with Crippen LogP contribution in [0.1, 0.15) is 15.9 Å². The number of anilines is 3. The maximum Gasteiger partial charge on any atom is 0.416 e. The molecule has 0 unspecified atom stereocenters. The lowest BCUT2D eigenvalue weighted by Gasteiger charge is -2.16. The van der Waals surface area contributed by atoms with Gasteiger partial charge in [0.1, 0.15) is 16.4 Å². The fraction of sp³-hybridized carbons (Fsp3) is 0.0645. The lowest BCUT2D eigenvalue weighted by atomic mass is 10.2. The van der Waals surface area contributed by atoms with Crippen LogP contribution >= 0.6 is 11.8 Å². The van der Waals surface area contributed by atoms with Crippen LogP contribution in [0.4, 0.5) is 30.2 Å². The van der Waals surface area contributed by atoms with Crippen molar-refractivity contribution >= 4 is 46.5 Å². The number of carbonyl (C=O) groups excluding carboxylic acids is 3. The SMILES string of the molecule is COc1ccc(NC2=C(Sc3ccc(NC(=O)c4ccccc4)cc3)C(=O)N(c3ccc(C(F)(F)F)cc3)C2=O)cc1. The van der Waals surface area contributed by atoms with Gasteiger partial charge in [-0.2, -0.15) is 13.2 Å². The van der Waals surface area contributed by atoms with Gasteiger partial charge in [0, 0.05) is 21.8 Å². The van der Waals surface area contributed by atoms with Gasteiger partial charge in [0.05, 0.1) is 18.4 Å². The second-order valence-corrected chi connectivity index (χ2v) is 10.1. The van der Waals surface area contributed by atoms with Gasteiger partial charge in [-0.15, -0.1) is 0 Å². The zero-order valence-electron chi connectivity index (χ0n) is 21.9.